The highest BCUT2D eigenvalue weighted by atomic mass is 32.2. The summed E-state index contributed by atoms with van der Waals surface area (Å²) < 4.78 is 0. The third-order valence-corrected chi connectivity index (χ3v) is 2.90. The van der Waals surface area contributed by atoms with Gasteiger partial charge in [0.15, 0.2) is 0 Å². The van der Waals surface area contributed by atoms with Crippen molar-refractivity contribution in [2.75, 3.05) is 23.9 Å². The third-order valence-electron chi connectivity index (χ3n) is 2.00. The van der Waals surface area contributed by atoms with Gasteiger partial charge in [0.05, 0.1) is 5.56 Å². The molecule has 0 fully saturated rings. The van der Waals surface area contributed by atoms with Gasteiger partial charge in [-0.05, 0) is 30.1 Å². The fourth-order valence-corrected chi connectivity index (χ4v) is 1.94. The molecule has 0 aliphatic rings. The molecule has 1 aromatic heterocycles. The maximum atomic E-state index is 8.85. The molecule has 1 rings (SSSR count). The summed E-state index contributed by atoms with van der Waals surface area (Å²) in [5.41, 5.74) is 0.605. The molecule has 0 amide bonds. The summed E-state index contributed by atoms with van der Waals surface area (Å²) in [4.78, 5) is 4.14. The summed E-state index contributed by atoms with van der Waals surface area (Å²) in [6.07, 6.45) is 3.79. The van der Waals surface area contributed by atoms with Gasteiger partial charge in [0.1, 0.15) is 11.9 Å². The molecule has 4 heteroatoms. The molecule has 0 saturated heterocycles. The molecule has 1 heterocycles. The van der Waals surface area contributed by atoms with E-state index in [9.17, 15) is 0 Å². The van der Waals surface area contributed by atoms with E-state index in [2.05, 4.69) is 29.5 Å². The number of hydrogen-bond donors (Lipinski definition) is 1. The second-order valence-electron chi connectivity index (χ2n) is 3.45. The van der Waals surface area contributed by atoms with E-state index in [4.69, 9.17) is 5.26 Å². The highest BCUT2D eigenvalue weighted by Gasteiger charge is 2.04. The molecule has 0 aliphatic heterocycles. The number of hydrogen-bond acceptors (Lipinski definition) is 4. The van der Waals surface area contributed by atoms with Crippen molar-refractivity contribution in [3.63, 3.8) is 0 Å². The van der Waals surface area contributed by atoms with Crippen LogP contribution in [-0.4, -0.2) is 23.5 Å². The Hall–Kier alpha value is -1.21. The van der Waals surface area contributed by atoms with Crippen LogP contribution in [0.15, 0.2) is 18.3 Å². The number of rotatable bonds is 5. The summed E-state index contributed by atoms with van der Waals surface area (Å²) in [6, 6.07) is 5.67. The van der Waals surface area contributed by atoms with Crippen molar-refractivity contribution in [2.45, 2.75) is 6.92 Å². The molecular weight excluding hydrogens is 206 g/mol. The Morgan fingerprint density at radius 1 is 1.67 bits per heavy atom. The monoisotopic (exact) mass is 221 g/mol. The molecule has 0 aromatic carbocycles. The Balaban J connectivity index is 2.54. The average Bonchev–Trinajstić information content (AvgIpc) is 2.27. The number of aromatic nitrogens is 1. The first-order valence-corrected chi connectivity index (χ1v) is 6.25. The quantitative estimate of drug-likeness (QED) is 0.829. The maximum absolute atomic E-state index is 8.85. The van der Waals surface area contributed by atoms with E-state index in [0.717, 1.165) is 12.3 Å². The van der Waals surface area contributed by atoms with Crippen molar-refractivity contribution >= 4 is 17.6 Å². The molecule has 1 atom stereocenters. The van der Waals surface area contributed by atoms with Crippen LogP contribution in [0.5, 0.6) is 0 Å². The number of nitriles is 1. The Morgan fingerprint density at radius 2 is 2.47 bits per heavy atom. The predicted molar refractivity (Wildman–Crippen MR) is 65.0 cm³/mol. The van der Waals surface area contributed by atoms with E-state index >= 15 is 0 Å². The number of thioether (sulfide) groups is 1. The molecule has 0 radical (unpaired) electrons. The van der Waals surface area contributed by atoms with Gasteiger partial charge in [0.2, 0.25) is 0 Å². The van der Waals surface area contributed by atoms with E-state index in [-0.39, 0.29) is 0 Å². The Kier molecular flexibility index (Phi) is 4.99. The second-order valence-corrected chi connectivity index (χ2v) is 4.36. The molecule has 0 spiro atoms. The van der Waals surface area contributed by atoms with Gasteiger partial charge in [0, 0.05) is 12.7 Å². The van der Waals surface area contributed by atoms with Gasteiger partial charge in [-0.3, -0.25) is 0 Å². The Labute approximate surface area is 94.9 Å². The van der Waals surface area contributed by atoms with Crippen molar-refractivity contribution in [2.24, 2.45) is 5.92 Å². The minimum Gasteiger partial charge on any atom is -0.369 e. The van der Waals surface area contributed by atoms with Gasteiger partial charge in [-0.1, -0.05) is 6.92 Å². The van der Waals surface area contributed by atoms with Crippen LogP contribution in [0, 0.1) is 17.2 Å². The van der Waals surface area contributed by atoms with Crippen LogP contribution in [-0.2, 0) is 0 Å². The average molecular weight is 221 g/mol. The van der Waals surface area contributed by atoms with E-state index in [1.54, 1.807) is 18.3 Å². The molecule has 15 heavy (non-hydrogen) atoms. The van der Waals surface area contributed by atoms with Crippen LogP contribution in [0.2, 0.25) is 0 Å². The van der Waals surface area contributed by atoms with Gasteiger partial charge in [-0.15, -0.1) is 0 Å². The van der Waals surface area contributed by atoms with Crippen LogP contribution in [0.1, 0.15) is 12.5 Å². The molecule has 1 N–H and O–H groups in total. The summed E-state index contributed by atoms with van der Waals surface area (Å²) in [7, 11) is 0. The smallest absolute Gasteiger partial charge is 0.143 e. The SMILES string of the molecule is CSCC(C)CNc1ncccc1C#N. The highest BCUT2D eigenvalue weighted by molar-refractivity contribution is 7.98. The van der Waals surface area contributed by atoms with Crippen LogP contribution in [0.4, 0.5) is 5.82 Å². The second kappa shape index (κ2) is 6.31. The van der Waals surface area contributed by atoms with E-state index in [1.165, 1.54) is 0 Å². The molecule has 80 valence electrons. The first kappa shape index (κ1) is 11.9. The molecule has 1 aromatic rings. The van der Waals surface area contributed by atoms with Crippen LogP contribution < -0.4 is 5.32 Å². The van der Waals surface area contributed by atoms with Gasteiger partial charge in [-0.25, -0.2) is 4.98 Å². The van der Waals surface area contributed by atoms with Crippen molar-refractivity contribution in [1.29, 1.82) is 5.26 Å². The molecule has 3 nitrogen and oxygen atoms in total. The number of nitrogens with one attached hydrogen (secondary N) is 1. The van der Waals surface area contributed by atoms with Gasteiger partial charge < -0.3 is 5.32 Å². The lowest BCUT2D eigenvalue weighted by Gasteiger charge is -2.12. The summed E-state index contributed by atoms with van der Waals surface area (Å²) >= 11 is 1.83. The number of anilines is 1. The topological polar surface area (TPSA) is 48.7 Å². The molecule has 0 saturated carbocycles. The normalized spacial score (nSPS) is 11.8. The van der Waals surface area contributed by atoms with Crippen molar-refractivity contribution < 1.29 is 0 Å². The number of pyridine rings is 1. The lowest BCUT2D eigenvalue weighted by molar-refractivity contribution is 0.699. The van der Waals surface area contributed by atoms with Crippen LogP contribution in [0.25, 0.3) is 0 Å². The number of nitrogens with zero attached hydrogens (tertiary/aromatic N) is 2. The first-order valence-electron chi connectivity index (χ1n) is 4.86. The zero-order chi connectivity index (χ0) is 11.1. The highest BCUT2D eigenvalue weighted by Crippen LogP contribution is 2.11. The predicted octanol–water partition coefficient (Wildman–Crippen LogP) is 2.36. The third kappa shape index (κ3) is 3.80. The standard InChI is InChI=1S/C11H15N3S/c1-9(8-15-2)7-14-11-10(6-12)4-3-5-13-11/h3-5,9H,7-8H2,1-2H3,(H,13,14). The molecule has 0 bridgehead atoms. The zero-order valence-corrected chi connectivity index (χ0v) is 9.84. The van der Waals surface area contributed by atoms with Crippen molar-refractivity contribution in [3.8, 4) is 6.07 Å². The van der Waals surface area contributed by atoms with E-state index in [1.807, 2.05) is 11.8 Å². The van der Waals surface area contributed by atoms with Crippen LogP contribution >= 0.6 is 11.8 Å². The van der Waals surface area contributed by atoms with Gasteiger partial charge >= 0.3 is 0 Å². The van der Waals surface area contributed by atoms with Crippen molar-refractivity contribution in [1.82, 2.24) is 4.98 Å². The summed E-state index contributed by atoms with van der Waals surface area (Å²) in [5.74, 6) is 2.38. The first-order chi connectivity index (χ1) is 7.27. The van der Waals surface area contributed by atoms with E-state index < -0.39 is 0 Å². The zero-order valence-electron chi connectivity index (χ0n) is 9.03. The van der Waals surface area contributed by atoms with Crippen LogP contribution in [0.3, 0.4) is 0 Å². The van der Waals surface area contributed by atoms with E-state index in [0.29, 0.717) is 17.3 Å². The molecule has 1 unspecified atom stereocenters. The Morgan fingerprint density at radius 3 is 3.13 bits per heavy atom. The van der Waals surface area contributed by atoms with Gasteiger partial charge in [-0.2, -0.15) is 17.0 Å². The minimum absolute atomic E-state index is 0.577. The fraction of sp³-hybridized carbons (Fsp3) is 0.455. The van der Waals surface area contributed by atoms with Crippen molar-refractivity contribution in [3.05, 3.63) is 23.9 Å². The minimum atomic E-state index is 0.577. The summed E-state index contributed by atoms with van der Waals surface area (Å²) in [5, 5.41) is 12.1. The Bertz CT molecular complexity index is 346. The lowest BCUT2D eigenvalue weighted by Crippen LogP contribution is -2.14. The molecule has 0 aliphatic carbocycles. The maximum Gasteiger partial charge on any atom is 0.143 e. The summed E-state index contributed by atoms with van der Waals surface area (Å²) in [6.45, 7) is 3.03. The van der Waals surface area contributed by atoms with Gasteiger partial charge in [0.25, 0.3) is 0 Å². The fourth-order valence-electron chi connectivity index (χ4n) is 1.25. The lowest BCUT2D eigenvalue weighted by atomic mass is 10.2. The largest absolute Gasteiger partial charge is 0.369 e. The molecular formula is C11H15N3S.